The zero-order valence-corrected chi connectivity index (χ0v) is 15.9. The van der Waals surface area contributed by atoms with Gasteiger partial charge in [0, 0.05) is 12.2 Å². The number of unbranched alkanes of at least 4 members (excludes halogenated alkanes) is 1. The standard InChI is InChI=1S/C22H28N2O2/c1-4-6-16-26-18-13-11-17(12-14-18)22(3)23-20-10-8-7-9-19(20)21(25)24(22)15-5-2/h7-14,23H,4-6,15-16H2,1-3H3. The van der Waals surface area contributed by atoms with Crippen molar-refractivity contribution in [1.29, 1.82) is 0 Å². The van der Waals surface area contributed by atoms with E-state index in [-0.39, 0.29) is 5.91 Å². The molecule has 0 fully saturated rings. The molecule has 0 saturated carbocycles. The number of amides is 1. The van der Waals surface area contributed by atoms with E-state index < -0.39 is 5.66 Å². The summed E-state index contributed by atoms with van der Waals surface area (Å²) in [5.41, 5.74) is 2.09. The lowest BCUT2D eigenvalue weighted by atomic mass is 9.93. The Labute approximate surface area is 156 Å². The highest BCUT2D eigenvalue weighted by Crippen LogP contribution is 2.38. The Morgan fingerprint density at radius 3 is 2.46 bits per heavy atom. The maximum Gasteiger partial charge on any atom is 0.258 e. The van der Waals surface area contributed by atoms with Gasteiger partial charge >= 0.3 is 0 Å². The third kappa shape index (κ3) is 3.41. The van der Waals surface area contributed by atoms with Crippen molar-refractivity contribution < 1.29 is 9.53 Å². The van der Waals surface area contributed by atoms with E-state index in [1.807, 2.05) is 41.3 Å². The first-order valence-electron chi connectivity index (χ1n) is 9.52. The largest absolute Gasteiger partial charge is 0.494 e. The van der Waals surface area contributed by atoms with E-state index in [9.17, 15) is 4.79 Å². The van der Waals surface area contributed by atoms with Crippen molar-refractivity contribution >= 4 is 11.6 Å². The summed E-state index contributed by atoms with van der Waals surface area (Å²) in [5, 5.41) is 3.59. The summed E-state index contributed by atoms with van der Waals surface area (Å²) < 4.78 is 5.77. The van der Waals surface area contributed by atoms with Crippen LogP contribution in [0.15, 0.2) is 48.5 Å². The topological polar surface area (TPSA) is 41.6 Å². The Balaban J connectivity index is 1.92. The molecule has 26 heavy (non-hydrogen) atoms. The van der Waals surface area contributed by atoms with Crippen LogP contribution < -0.4 is 10.1 Å². The fraction of sp³-hybridized carbons (Fsp3) is 0.409. The molecule has 2 aromatic carbocycles. The first-order valence-corrected chi connectivity index (χ1v) is 9.52. The van der Waals surface area contributed by atoms with Crippen LogP contribution in [0.4, 0.5) is 5.69 Å². The quantitative estimate of drug-likeness (QED) is 0.712. The molecule has 1 atom stereocenters. The number of anilines is 1. The molecule has 0 spiro atoms. The van der Waals surface area contributed by atoms with Crippen molar-refractivity contribution in [2.45, 2.75) is 45.7 Å². The van der Waals surface area contributed by atoms with Gasteiger partial charge in [-0.2, -0.15) is 0 Å². The van der Waals surface area contributed by atoms with Gasteiger partial charge in [-0.05, 0) is 49.6 Å². The lowest BCUT2D eigenvalue weighted by Crippen LogP contribution is -2.56. The number of nitrogens with one attached hydrogen (secondary N) is 1. The molecule has 1 aliphatic rings. The molecule has 0 bridgehead atoms. The maximum absolute atomic E-state index is 13.1. The van der Waals surface area contributed by atoms with Gasteiger partial charge in [-0.15, -0.1) is 0 Å². The first-order chi connectivity index (χ1) is 12.6. The second-order valence-corrected chi connectivity index (χ2v) is 6.93. The van der Waals surface area contributed by atoms with Crippen molar-refractivity contribution in [3.05, 3.63) is 59.7 Å². The van der Waals surface area contributed by atoms with E-state index in [2.05, 4.69) is 38.2 Å². The third-order valence-corrected chi connectivity index (χ3v) is 4.95. The van der Waals surface area contributed by atoms with Crippen LogP contribution >= 0.6 is 0 Å². The van der Waals surface area contributed by atoms with Gasteiger partial charge in [-0.25, -0.2) is 0 Å². The van der Waals surface area contributed by atoms with Gasteiger partial charge in [0.2, 0.25) is 0 Å². The summed E-state index contributed by atoms with van der Waals surface area (Å²) in [6.07, 6.45) is 3.08. The molecular weight excluding hydrogens is 324 g/mol. The van der Waals surface area contributed by atoms with Crippen LogP contribution in [0.1, 0.15) is 56.0 Å². The van der Waals surface area contributed by atoms with E-state index in [0.29, 0.717) is 6.54 Å². The highest BCUT2D eigenvalue weighted by molar-refractivity contribution is 6.02. The third-order valence-electron chi connectivity index (χ3n) is 4.95. The van der Waals surface area contributed by atoms with E-state index in [1.54, 1.807) is 0 Å². The predicted octanol–water partition coefficient (Wildman–Crippen LogP) is 5.02. The number of hydrogen-bond acceptors (Lipinski definition) is 3. The zero-order valence-electron chi connectivity index (χ0n) is 15.9. The summed E-state index contributed by atoms with van der Waals surface area (Å²) in [6.45, 7) is 7.76. The molecule has 4 heteroatoms. The summed E-state index contributed by atoms with van der Waals surface area (Å²) in [7, 11) is 0. The van der Waals surface area contributed by atoms with Gasteiger partial charge in [-0.1, -0.05) is 44.5 Å². The molecule has 1 N–H and O–H groups in total. The lowest BCUT2D eigenvalue weighted by Gasteiger charge is -2.46. The first kappa shape index (κ1) is 18.3. The van der Waals surface area contributed by atoms with Crippen LogP contribution in [0.5, 0.6) is 5.75 Å². The minimum absolute atomic E-state index is 0.0759. The highest BCUT2D eigenvalue weighted by Gasteiger charge is 2.41. The van der Waals surface area contributed by atoms with Crippen LogP contribution in [-0.2, 0) is 5.66 Å². The Hall–Kier alpha value is -2.49. The Morgan fingerprint density at radius 1 is 1.04 bits per heavy atom. The van der Waals surface area contributed by atoms with Gasteiger partial charge in [0.15, 0.2) is 0 Å². The monoisotopic (exact) mass is 352 g/mol. The second kappa shape index (κ2) is 7.81. The number of hydrogen-bond donors (Lipinski definition) is 1. The molecule has 1 amide bonds. The minimum atomic E-state index is -0.580. The molecule has 3 rings (SSSR count). The predicted molar refractivity (Wildman–Crippen MR) is 106 cm³/mol. The van der Waals surface area contributed by atoms with E-state index in [0.717, 1.165) is 48.4 Å². The van der Waals surface area contributed by atoms with E-state index in [1.165, 1.54) is 0 Å². The number of rotatable bonds is 7. The number of benzene rings is 2. The zero-order chi connectivity index (χ0) is 18.6. The summed E-state index contributed by atoms with van der Waals surface area (Å²) in [6, 6.07) is 15.8. The Bertz CT molecular complexity index is 757. The Kier molecular flexibility index (Phi) is 5.50. The summed E-state index contributed by atoms with van der Waals surface area (Å²) in [4.78, 5) is 15.0. The van der Waals surface area contributed by atoms with Crippen molar-refractivity contribution in [3.8, 4) is 5.75 Å². The number of carbonyl (C=O) groups is 1. The van der Waals surface area contributed by atoms with E-state index >= 15 is 0 Å². The molecule has 138 valence electrons. The molecule has 0 aliphatic carbocycles. The molecular formula is C22H28N2O2. The average molecular weight is 352 g/mol. The van der Waals surface area contributed by atoms with Crippen LogP contribution in [0.2, 0.25) is 0 Å². The van der Waals surface area contributed by atoms with Gasteiger partial charge in [0.05, 0.1) is 12.2 Å². The van der Waals surface area contributed by atoms with Crippen LogP contribution in [-0.4, -0.2) is 24.0 Å². The van der Waals surface area contributed by atoms with E-state index in [4.69, 9.17) is 4.74 Å². The summed E-state index contributed by atoms with van der Waals surface area (Å²) in [5.74, 6) is 0.947. The number of nitrogens with zero attached hydrogens (tertiary/aromatic N) is 1. The second-order valence-electron chi connectivity index (χ2n) is 6.93. The molecule has 2 aromatic rings. The minimum Gasteiger partial charge on any atom is -0.494 e. The Morgan fingerprint density at radius 2 is 1.77 bits per heavy atom. The average Bonchev–Trinajstić information content (AvgIpc) is 2.66. The molecule has 1 unspecified atom stereocenters. The normalized spacial score (nSPS) is 19.0. The fourth-order valence-electron chi connectivity index (χ4n) is 3.44. The summed E-state index contributed by atoms with van der Waals surface area (Å²) >= 11 is 0. The molecule has 0 saturated heterocycles. The lowest BCUT2D eigenvalue weighted by molar-refractivity contribution is 0.0535. The number of fused-ring (bicyclic) bond motifs is 1. The van der Waals surface area contributed by atoms with Gasteiger partial charge in [0.25, 0.3) is 5.91 Å². The molecule has 1 heterocycles. The SMILES string of the molecule is CCCCOc1ccc(C2(C)Nc3ccccc3C(=O)N2CCC)cc1. The van der Waals surface area contributed by atoms with Crippen LogP contribution in [0.3, 0.4) is 0 Å². The smallest absolute Gasteiger partial charge is 0.258 e. The molecule has 1 aliphatic heterocycles. The van der Waals surface area contributed by atoms with Gasteiger partial charge in [0.1, 0.15) is 11.4 Å². The van der Waals surface area contributed by atoms with Crippen molar-refractivity contribution in [3.63, 3.8) is 0 Å². The van der Waals surface area contributed by atoms with Crippen molar-refractivity contribution in [2.24, 2.45) is 0 Å². The fourth-order valence-corrected chi connectivity index (χ4v) is 3.44. The molecule has 0 radical (unpaired) electrons. The van der Waals surface area contributed by atoms with Crippen LogP contribution in [0.25, 0.3) is 0 Å². The maximum atomic E-state index is 13.1. The van der Waals surface area contributed by atoms with Gasteiger partial charge < -0.3 is 15.0 Å². The van der Waals surface area contributed by atoms with Gasteiger partial charge in [-0.3, -0.25) is 4.79 Å². The number of para-hydroxylation sites is 1. The number of carbonyl (C=O) groups excluding carboxylic acids is 1. The molecule has 0 aromatic heterocycles. The van der Waals surface area contributed by atoms with Crippen molar-refractivity contribution in [2.75, 3.05) is 18.5 Å². The van der Waals surface area contributed by atoms with Crippen LogP contribution in [0, 0.1) is 0 Å². The molecule has 4 nitrogen and oxygen atoms in total. The highest BCUT2D eigenvalue weighted by atomic mass is 16.5. The van der Waals surface area contributed by atoms with Crippen molar-refractivity contribution in [1.82, 2.24) is 4.90 Å². The number of ether oxygens (including phenoxy) is 1.